The molecule has 1 N–H and O–H groups in total. The van der Waals surface area contributed by atoms with Gasteiger partial charge in [-0.25, -0.2) is 13.2 Å². The molecule has 0 aromatic heterocycles. The zero-order valence-corrected chi connectivity index (χ0v) is 11.9. The smallest absolute Gasteiger partial charge is 0.159 e. The van der Waals surface area contributed by atoms with Gasteiger partial charge in [0.15, 0.2) is 11.6 Å². The highest BCUT2D eigenvalue weighted by Crippen LogP contribution is 2.22. The van der Waals surface area contributed by atoms with E-state index >= 15 is 0 Å². The lowest BCUT2D eigenvalue weighted by Gasteiger charge is -2.19. The van der Waals surface area contributed by atoms with Crippen molar-refractivity contribution in [3.63, 3.8) is 0 Å². The van der Waals surface area contributed by atoms with Crippen molar-refractivity contribution in [3.8, 4) is 0 Å². The summed E-state index contributed by atoms with van der Waals surface area (Å²) in [5.41, 5.74) is 1.17. The van der Waals surface area contributed by atoms with Crippen molar-refractivity contribution in [2.45, 2.75) is 25.8 Å². The van der Waals surface area contributed by atoms with E-state index in [4.69, 9.17) is 0 Å². The molecule has 112 valence electrons. The van der Waals surface area contributed by atoms with Gasteiger partial charge >= 0.3 is 0 Å². The first-order valence-corrected chi connectivity index (χ1v) is 7.03. The molecule has 0 radical (unpaired) electrons. The fraction of sp³-hybridized carbons (Fsp3) is 0.294. The first kappa shape index (κ1) is 15.6. The van der Waals surface area contributed by atoms with Crippen LogP contribution in [0.25, 0.3) is 0 Å². The third-order valence-electron chi connectivity index (χ3n) is 3.37. The zero-order chi connectivity index (χ0) is 15.2. The van der Waals surface area contributed by atoms with Crippen molar-refractivity contribution in [2.24, 2.45) is 0 Å². The third kappa shape index (κ3) is 4.08. The molecular weight excluding hydrogens is 275 g/mol. The van der Waals surface area contributed by atoms with E-state index in [1.807, 2.05) is 6.92 Å². The van der Waals surface area contributed by atoms with E-state index in [0.717, 1.165) is 19.0 Å². The Morgan fingerprint density at radius 1 is 0.952 bits per heavy atom. The van der Waals surface area contributed by atoms with E-state index in [-0.39, 0.29) is 11.9 Å². The van der Waals surface area contributed by atoms with E-state index in [9.17, 15) is 13.2 Å². The Labute approximate surface area is 122 Å². The maximum Gasteiger partial charge on any atom is 0.159 e. The molecule has 0 saturated heterocycles. The summed E-state index contributed by atoms with van der Waals surface area (Å²) in [4.78, 5) is 0. The minimum atomic E-state index is -0.885. The van der Waals surface area contributed by atoms with Crippen molar-refractivity contribution in [2.75, 3.05) is 6.54 Å². The summed E-state index contributed by atoms with van der Waals surface area (Å²) in [6.45, 7) is 2.73. The van der Waals surface area contributed by atoms with E-state index in [1.54, 1.807) is 18.2 Å². The third-order valence-corrected chi connectivity index (χ3v) is 3.37. The van der Waals surface area contributed by atoms with Crippen molar-refractivity contribution in [3.05, 3.63) is 71.0 Å². The first-order chi connectivity index (χ1) is 10.1. The molecule has 21 heavy (non-hydrogen) atoms. The predicted molar refractivity (Wildman–Crippen MR) is 77.5 cm³/mol. The molecule has 0 bridgehead atoms. The standard InChI is InChI=1S/C17H18F3N/c1-2-9-21-17(11-12-5-3-4-6-14(12)18)13-7-8-15(19)16(20)10-13/h3-8,10,17,21H,2,9,11H2,1H3. The lowest BCUT2D eigenvalue weighted by atomic mass is 9.98. The van der Waals surface area contributed by atoms with Crippen LogP contribution in [0.1, 0.15) is 30.5 Å². The molecule has 2 rings (SSSR count). The second kappa shape index (κ2) is 7.27. The SMILES string of the molecule is CCCNC(Cc1ccccc1F)c1ccc(F)c(F)c1. The maximum atomic E-state index is 13.8. The zero-order valence-electron chi connectivity index (χ0n) is 11.9. The number of hydrogen-bond donors (Lipinski definition) is 1. The monoisotopic (exact) mass is 293 g/mol. The fourth-order valence-corrected chi connectivity index (χ4v) is 2.24. The topological polar surface area (TPSA) is 12.0 Å². The predicted octanol–water partition coefficient (Wildman–Crippen LogP) is 4.39. The van der Waals surface area contributed by atoms with E-state index < -0.39 is 11.6 Å². The molecule has 0 aliphatic rings. The van der Waals surface area contributed by atoms with Gasteiger partial charge in [0, 0.05) is 6.04 Å². The Bertz CT molecular complexity index is 598. The Kier molecular flexibility index (Phi) is 5.39. The molecule has 1 unspecified atom stereocenters. The number of rotatable bonds is 6. The second-order valence-electron chi connectivity index (χ2n) is 4.98. The molecule has 4 heteroatoms. The molecule has 0 aliphatic heterocycles. The lowest BCUT2D eigenvalue weighted by molar-refractivity contribution is 0.489. The van der Waals surface area contributed by atoms with Gasteiger partial charge in [-0.3, -0.25) is 0 Å². The van der Waals surface area contributed by atoms with Crippen molar-refractivity contribution in [1.29, 1.82) is 0 Å². The van der Waals surface area contributed by atoms with Crippen LogP contribution >= 0.6 is 0 Å². The molecule has 0 heterocycles. The molecule has 0 saturated carbocycles. The summed E-state index contributed by atoms with van der Waals surface area (Å²) in [6.07, 6.45) is 1.29. The van der Waals surface area contributed by atoms with Gasteiger partial charge in [-0.2, -0.15) is 0 Å². The van der Waals surface area contributed by atoms with Gasteiger partial charge in [-0.15, -0.1) is 0 Å². The first-order valence-electron chi connectivity index (χ1n) is 7.03. The Morgan fingerprint density at radius 3 is 2.38 bits per heavy atom. The quantitative estimate of drug-likeness (QED) is 0.833. The van der Waals surface area contributed by atoms with Crippen LogP contribution in [0.15, 0.2) is 42.5 Å². The van der Waals surface area contributed by atoms with E-state index in [0.29, 0.717) is 17.5 Å². The lowest BCUT2D eigenvalue weighted by Crippen LogP contribution is -2.24. The van der Waals surface area contributed by atoms with Crippen LogP contribution in [0.3, 0.4) is 0 Å². The van der Waals surface area contributed by atoms with Crippen LogP contribution in [0.4, 0.5) is 13.2 Å². The molecule has 1 nitrogen and oxygen atoms in total. The average Bonchev–Trinajstić information content (AvgIpc) is 2.48. The molecule has 0 aliphatic carbocycles. The minimum Gasteiger partial charge on any atom is -0.310 e. The van der Waals surface area contributed by atoms with Crippen molar-refractivity contribution in [1.82, 2.24) is 5.32 Å². The summed E-state index contributed by atoms with van der Waals surface area (Å²) in [6, 6.07) is 10.1. The largest absolute Gasteiger partial charge is 0.310 e. The second-order valence-corrected chi connectivity index (χ2v) is 4.98. The molecule has 0 spiro atoms. The van der Waals surface area contributed by atoms with Crippen molar-refractivity contribution < 1.29 is 13.2 Å². The minimum absolute atomic E-state index is 0.253. The van der Waals surface area contributed by atoms with E-state index in [1.165, 1.54) is 18.2 Å². The van der Waals surface area contributed by atoms with Gasteiger partial charge in [0.25, 0.3) is 0 Å². The number of hydrogen-bond acceptors (Lipinski definition) is 1. The summed E-state index contributed by atoms with van der Waals surface area (Å²) in [5, 5.41) is 3.25. The molecular formula is C17H18F3N. The Hall–Kier alpha value is -1.81. The van der Waals surface area contributed by atoms with Gasteiger partial charge in [0.1, 0.15) is 5.82 Å². The maximum absolute atomic E-state index is 13.8. The van der Waals surface area contributed by atoms with Crippen molar-refractivity contribution >= 4 is 0 Å². The molecule has 2 aromatic rings. The van der Waals surface area contributed by atoms with Crippen LogP contribution in [-0.2, 0) is 6.42 Å². The van der Waals surface area contributed by atoms with Gasteiger partial charge in [0.05, 0.1) is 0 Å². The highest BCUT2D eigenvalue weighted by Gasteiger charge is 2.15. The fourth-order valence-electron chi connectivity index (χ4n) is 2.24. The van der Waals surface area contributed by atoms with Crippen LogP contribution in [0.5, 0.6) is 0 Å². The van der Waals surface area contributed by atoms with Crippen LogP contribution in [0, 0.1) is 17.5 Å². The molecule has 0 fully saturated rings. The Balaban J connectivity index is 2.25. The van der Waals surface area contributed by atoms with Crippen LogP contribution in [-0.4, -0.2) is 6.54 Å². The highest BCUT2D eigenvalue weighted by molar-refractivity contribution is 5.25. The van der Waals surface area contributed by atoms with Gasteiger partial charge in [-0.1, -0.05) is 31.2 Å². The average molecular weight is 293 g/mol. The van der Waals surface area contributed by atoms with Gasteiger partial charge in [0.2, 0.25) is 0 Å². The number of benzene rings is 2. The Morgan fingerprint density at radius 2 is 1.71 bits per heavy atom. The van der Waals surface area contributed by atoms with Crippen LogP contribution < -0.4 is 5.32 Å². The normalized spacial score (nSPS) is 12.4. The van der Waals surface area contributed by atoms with Gasteiger partial charge < -0.3 is 5.32 Å². The number of halogens is 3. The molecule has 2 aromatic carbocycles. The summed E-state index contributed by atoms with van der Waals surface area (Å²) >= 11 is 0. The summed E-state index contributed by atoms with van der Waals surface area (Å²) in [5.74, 6) is -2.05. The molecule has 0 amide bonds. The summed E-state index contributed by atoms with van der Waals surface area (Å²) < 4.78 is 40.2. The summed E-state index contributed by atoms with van der Waals surface area (Å²) in [7, 11) is 0. The number of nitrogens with one attached hydrogen (secondary N) is 1. The molecule has 1 atom stereocenters. The van der Waals surface area contributed by atoms with Crippen LogP contribution in [0.2, 0.25) is 0 Å². The highest BCUT2D eigenvalue weighted by atomic mass is 19.2. The van der Waals surface area contributed by atoms with E-state index in [2.05, 4.69) is 5.32 Å². The van der Waals surface area contributed by atoms with Gasteiger partial charge in [-0.05, 0) is 48.7 Å².